The van der Waals surface area contributed by atoms with Crippen LogP contribution in [0.15, 0.2) is 12.4 Å². The molecule has 1 aliphatic heterocycles. The molecule has 0 spiro atoms. The van der Waals surface area contributed by atoms with Crippen molar-refractivity contribution in [3.8, 4) is 0 Å². The van der Waals surface area contributed by atoms with Crippen molar-refractivity contribution < 1.29 is 4.74 Å². The maximum atomic E-state index is 5.47. The fourth-order valence-electron chi connectivity index (χ4n) is 3.53. The molecule has 7 heteroatoms. The van der Waals surface area contributed by atoms with Gasteiger partial charge in [-0.2, -0.15) is 5.10 Å². The number of aryl methyl sites for hydroxylation is 1. The first-order chi connectivity index (χ1) is 11.2. The maximum Gasteiger partial charge on any atom is 0.100 e. The minimum Gasteiger partial charge on any atom is -0.384 e. The molecule has 0 radical (unpaired) electrons. The normalized spacial score (nSPS) is 21.6. The molecular formula is C16H24N6O. The Morgan fingerprint density at radius 2 is 2.22 bits per heavy atom. The molecule has 124 valence electrons. The van der Waals surface area contributed by atoms with Crippen LogP contribution in [0.2, 0.25) is 0 Å². The number of fused-ring (bicyclic) bond motifs is 1. The average molecular weight is 316 g/mol. The van der Waals surface area contributed by atoms with Crippen LogP contribution in [0.5, 0.6) is 0 Å². The summed E-state index contributed by atoms with van der Waals surface area (Å²) in [6.45, 7) is 4.46. The number of rotatable bonds is 6. The molecule has 2 aliphatic rings. The van der Waals surface area contributed by atoms with Gasteiger partial charge in [-0.05, 0) is 18.8 Å². The van der Waals surface area contributed by atoms with Gasteiger partial charge < -0.3 is 4.74 Å². The van der Waals surface area contributed by atoms with Crippen LogP contribution in [0.25, 0.3) is 0 Å². The summed E-state index contributed by atoms with van der Waals surface area (Å²) in [7, 11) is 3.73. The standard InChI is InChI=1S/C16H24N6O/c1-20-6-13(5-17-20)7-21-9-14(11-23-2)16-15(10-21)18-19-22(16)8-12-3-4-12/h5-6,12,14H,3-4,7-11H2,1-2H3. The third-order valence-corrected chi connectivity index (χ3v) is 4.75. The van der Waals surface area contributed by atoms with Crippen LogP contribution in [0.4, 0.5) is 0 Å². The third-order valence-electron chi connectivity index (χ3n) is 4.75. The minimum atomic E-state index is 0.342. The Morgan fingerprint density at radius 1 is 1.35 bits per heavy atom. The first-order valence-corrected chi connectivity index (χ1v) is 8.34. The molecule has 1 unspecified atom stereocenters. The fraction of sp³-hybridized carbons (Fsp3) is 0.688. The van der Waals surface area contributed by atoms with Gasteiger partial charge in [0, 0.05) is 58.0 Å². The summed E-state index contributed by atoms with van der Waals surface area (Å²) >= 11 is 0. The van der Waals surface area contributed by atoms with E-state index in [0.717, 1.165) is 37.8 Å². The molecule has 1 fully saturated rings. The SMILES string of the molecule is COCC1CN(Cc2cnn(C)c2)Cc2nnn(CC3CC3)c21. The van der Waals surface area contributed by atoms with Crippen LogP contribution in [0, 0.1) is 5.92 Å². The molecule has 0 bridgehead atoms. The van der Waals surface area contributed by atoms with Crippen LogP contribution in [-0.2, 0) is 31.4 Å². The summed E-state index contributed by atoms with van der Waals surface area (Å²) < 4.78 is 9.46. The Hall–Kier alpha value is -1.73. The number of nitrogens with zero attached hydrogens (tertiary/aromatic N) is 6. The van der Waals surface area contributed by atoms with Gasteiger partial charge >= 0.3 is 0 Å². The van der Waals surface area contributed by atoms with E-state index in [-0.39, 0.29) is 0 Å². The summed E-state index contributed by atoms with van der Waals surface area (Å²) in [5.74, 6) is 1.14. The zero-order chi connectivity index (χ0) is 15.8. The highest BCUT2D eigenvalue weighted by atomic mass is 16.5. The Kier molecular flexibility index (Phi) is 3.90. The van der Waals surface area contributed by atoms with Gasteiger partial charge in [-0.15, -0.1) is 5.10 Å². The second-order valence-corrected chi connectivity index (χ2v) is 6.89. The van der Waals surface area contributed by atoms with Crippen molar-refractivity contribution >= 4 is 0 Å². The Morgan fingerprint density at radius 3 is 2.91 bits per heavy atom. The average Bonchev–Trinajstić information content (AvgIpc) is 3.11. The number of hydrogen-bond donors (Lipinski definition) is 0. The molecule has 0 aromatic carbocycles. The summed E-state index contributed by atoms with van der Waals surface area (Å²) in [5.41, 5.74) is 3.64. The monoisotopic (exact) mass is 316 g/mol. The van der Waals surface area contributed by atoms with Crippen molar-refractivity contribution in [2.24, 2.45) is 13.0 Å². The first kappa shape index (κ1) is 14.8. The van der Waals surface area contributed by atoms with E-state index in [4.69, 9.17) is 4.74 Å². The molecule has 1 atom stereocenters. The topological polar surface area (TPSA) is 61.0 Å². The predicted octanol–water partition coefficient (Wildman–Crippen LogP) is 1.17. The lowest BCUT2D eigenvalue weighted by Gasteiger charge is -2.31. The van der Waals surface area contributed by atoms with Crippen molar-refractivity contribution in [1.29, 1.82) is 0 Å². The van der Waals surface area contributed by atoms with Gasteiger partial charge in [-0.1, -0.05) is 5.21 Å². The predicted molar refractivity (Wildman–Crippen MR) is 84.7 cm³/mol. The van der Waals surface area contributed by atoms with Gasteiger partial charge in [-0.25, -0.2) is 4.68 Å². The smallest absolute Gasteiger partial charge is 0.100 e. The zero-order valence-corrected chi connectivity index (χ0v) is 13.9. The molecule has 1 saturated carbocycles. The van der Waals surface area contributed by atoms with Crippen molar-refractivity contribution in [3.63, 3.8) is 0 Å². The van der Waals surface area contributed by atoms with E-state index < -0.39 is 0 Å². The van der Waals surface area contributed by atoms with Crippen LogP contribution >= 0.6 is 0 Å². The van der Waals surface area contributed by atoms with E-state index in [1.54, 1.807) is 7.11 Å². The van der Waals surface area contributed by atoms with Crippen LogP contribution < -0.4 is 0 Å². The lowest BCUT2D eigenvalue weighted by atomic mass is 9.98. The fourth-order valence-corrected chi connectivity index (χ4v) is 3.53. The highest BCUT2D eigenvalue weighted by molar-refractivity contribution is 5.21. The molecule has 0 N–H and O–H groups in total. The Balaban J connectivity index is 1.54. The van der Waals surface area contributed by atoms with E-state index in [1.807, 2.05) is 17.9 Å². The van der Waals surface area contributed by atoms with Gasteiger partial charge in [-0.3, -0.25) is 9.58 Å². The van der Waals surface area contributed by atoms with Crippen molar-refractivity contribution in [2.75, 3.05) is 20.3 Å². The van der Waals surface area contributed by atoms with E-state index in [2.05, 4.69) is 31.2 Å². The molecule has 0 amide bonds. The first-order valence-electron chi connectivity index (χ1n) is 8.34. The molecule has 4 rings (SSSR count). The third kappa shape index (κ3) is 3.16. The molecule has 3 heterocycles. The van der Waals surface area contributed by atoms with E-state index in [1.165, 1.54) is 24.1 Å². The lowest BCUT2D eigenvalue weighted by molar-refractivity contribution is 0.131. The number of aromatic nitrogens is 5. The summed E-state index contributed by atoms with van der Waals surface area (Å²) in [6.07, 6.45) is 6.67. The highest BCUT2D eigenvalue weighted by Gasteiger charge is 2.33. The molecule has 1 aliphatic carbocycles. The number of hydrogen-bond acceptors (Lipinski definition) is 5. The van der Waals surface area contributed by atoms with Gasteiger partial charge in [0.1, 0.15) is 5.69 Å². The Labute approximate surface area is 136 Å². The molecule has 23 heavy (non-hydrogen) atoms. The quantitative estimate of drug-likeness (QED) is 0.800. The van der Waals surface area contributed by atoms with Gasteiger partial charge in [0.2, 0.25) is 0 Å². The van der Waals surface area contributed by atoms with Crippen molar-refractivity contribution in [3.05, 3.63) is 29.3 Å². The van der Waals surface area contributed by atoms with E-state index in [9.17, 15) is 0 Å². The van der Waals surface area contributed by atoms with Gasteiger partial charge in [0.25, 0.3) is 0 Å². The number of methoxy groups -OCH3 is 1. The largest absolute Gasteiger partial charge is 0.384 e. The van der Waals surface area contributed by atoms with Crippen LogP contribution in [-0.4, -0.2) is 49.9 Å². The molecule has 0 saturated heterocycles. The molecule has 7 nitrogen and oxygen atoms in total. The second kappa shape index (κ2) is 6.05. The highest BCUT2D eigenvalue weighted by Crippen LogP contribution is 2.34. The summed E-state index contributed by atoms with van der Waals surface area (Å²) in [6, 6.07) is 0. The van der Waals surface area contributed by atoms with E-state index in [0.29, 0.717) is 12.5 Å². The molecular weight excluding hydrogens is 292 g/mol. The van der Waals surface area contributed by atoms with Gasteiger partial charge in [0.15, 0.2) is 0 Å². The van der Waals surface area contributed by atoms with Crippen LogP contribution in [0.3, 0.4) is 0 Å². The minimum absolute atomic E-state index is 0.342. The van der Waals surface area contributed by atoms with Crippen molar-refractivity contribution in [1.82, 2.24) is 29.7 Å². The zero-order valence-electron chi connectivity index (χ0n) is 13.9. The van der Waals surface area contributed by atoms with Crippen molar-refractivity contribution in [2.45, 2.75) is 38.4 Å². The Bertz CT molecular complexity index is 674. The molecule has 2 aromatic rings. The van der Waals surface area contributed by atoms with Gasteiger partial charge in [0.05, 0.1) is 18.5 Å². The molecule has 2 aromatic heterocycles. The lowest BCUT2D eigenvalue weighted by Crippen LogP contribution is -2.36. The number of ether oxygens (including phenoxy) is 1. The maximum absolute atomic E-state index is 5.47. The summed E-state index contributed by atoms with van der Waals surface area (Å²) in [4.78, 5) is 2.42. The summed E-state index contributed by atoms with van der Waals surface area (Å²) in [5, 5.41) is 13.1. The van der Waals surface area contributed by atoms with Crippen LogP contribution in [0.1, 0.15) is 35.7 Å². The second-order valence-electron chi connectivity index (χ2n) is 6.89. The van der Waals surface area contributed by atoms with E-state index >= 15 is 0 Å².